The molecule has 2 heteroatoms. The van der Waals surface area contributed by atoms with E-state index in [0.29, 0.717) is 0 Å². The van der Waals surface area contributed by atoms with E-state index in [1.807, 2.05) is 0 Å². The fourth-order valence-corrected chi connectivity index (χ4v) is 3.00. The van der Waals surface area contributed by atoms with Crippen LogP contribution in [0.25, 0.3) is 0 Å². The number of hydrogen-bond donors (Lipinski definition) is 1. The van der Waals surface area contributed by atoms with E-state index >= 15 is 0 Å². The van der Waals surface area contributed by atoms with Crippen LogP contribution in [-0.4, -0.2) is 19.6 Å². The van der Waals surface area contributed by atoms with Crippen molar-refractivity contribution in [3.63, 3.8) is 0 Å². The predicted octanol–water partition coefficient (Wildman–Crippen LogP) is 3.20. The fraction of sp³-hybridized carbons (Fsp3) is 0.625. The van der Waals surface area contributed by atoms with Gasteiger partial charge in [-0.2, -0.15) is 0 Å². The van der Waals surface area contributed by atoms with Gasteiger partial charge in [0.15, 0.2) is 0 Å². The molecule has 2 N–H and O–H groups in total. The maximum Gasteiger partial charge on any atom is 0.0399 e. The third kappa shape index (κ3) is 3.26. The number of nitrogens with two attached hydrogens (primary N) is 1. The van der Waals surface area contributed by atoms with Crippen molar-refractivity contribution in [3.05, 3.63) is 29.8 Å². The van der Waals surface area contributed by atoms with Crippen LogP contribution >= 0.6 is 0 Å². The van der Waals surface area contributed by atoms with Crippen LogP contribution in [0.2, 0.25) is 0 Å². The zero-order valence-corrected chi connectivity index (χ0v) is 11.6. The third-order valence-electron chi connectivity index (χ3n) is 4.18. The third-order valence-corrected chi connectivity index (χ3v) is 4.18. The Balaban J connectivity index is 1.78. The van der Waals surface area contributed by atoms with Gasteiger partial charge in [0.2, 0.25) is 0 Å². The van der Waals surface area contributed by atoms with Crippen molar-refractivity contribution >= 4 is 5.69 Å². The second-order valence-electron chi connectivity index (χ2n) is 5.36. The number of nitrogens with zero attached hydrogens (tertiary/aromatic N) is 1. The number of benzene rings is 1. The molecule has 1 aliphatic rings. The largest absolute Gasteiger partial charge is 0.371 e. The summed E-state index contributed by atoms with van der Waals surface area (Å²) < 4.78 is 0. The summed E-state index contributed by atoms with van der Waals surface area (Å²) >= 11 is 0. The van der Waals surface area contributed by atoms with Gasteiger partial charge in [-0.05, 0) is 49.8 Å². The molecular formula is C16H26N2. The average molecular weight is 246 g/mol. The molecule has 0 amide bonds. The number of fused-ring (bicyclic) bond motifs is 1. The Morgan fingerprint density at radius 1 is 1.28 bits per heavy atom. The minimum absolute atomic E-state index is 0.827. The van der Waals surface area contributed by atoms with Gasteiger partial charge in [0, 0.05) is 18.8 Å². The van der Waals surface area contributed by atoms with Gasteiger partial charge in [0.25, 0.3) is 0 Å². The first-order chi connectivity index (χ1) is 8.85. The Kier molecular flexibility index (Phi) is 5.06. The fourth-order valence-electron chi connectivity index (χ4n) is 3.00. The van der Waals surface area contributed by atoms with Gasteiger partial charge in [-0.3, -0.25) is 0 Å². The highest BCUT2D eigenvalue weighted by molar-refractivity contribution is 5.57. The summed E-state index contributed by atoms with van der Waals surface area (Å²) in [5.74, 6) is 0.827. The predicted molar refractivity (Wildman–Crippen MR) is 79.0 cm³/mol. The van der Waals surface area contributed by atoms with Gasteiger partial charge in [0.05, 0.1) is 0 Å². The van der Waals surface area contributed by atoms with Crippen molar-refractivity contribution in [2.75, 3.05) is 24.5 Å². The monoisotopic (exact) mass is 246 g/mol. The molecule has 1 atom stereocenters. The maximum absolute atomic E-state index is 5.65. The minimum atomic E-state index is 0.827. The highest BCUT2D eigenvalue weighted by Crippen LogP contribution is 2.28. The molecule has 0 bridgehead atoms. The Morgan fingerprint density at radius 3 is 2.89 bits per heavy atom. The normalized spacial score (nSPS) is 15.8. The molecule has 1 aromatic carbocycles. The van der Waals surface area contributed by atoms with Gasteiger partial charge < -0.3 is 10.6 Å². The number of hydrogen-bond acceptors (Lipinski definition) is 2. The van der Waals surface area contributed by atoms with Crippen LogP contribution in [0, 0.1) is 5.92 Å². The lowest BCUT2D eigenvalue weighted by Gasteiger charge is -2.21. The Labute approximate surface area is 111 Å². The lowest BCUT2D eigenvalue weighted by Crippen LogP contribution is -2.22. The Morgan fingerprint density at radius 2 is 2.11 bits per heavy atom. The van der Waals surface area contributed by atoms with Crippen LogP contribution in [0.4, 0.5) is 5.69 Å². The second-order valence-corrected chi connectivity index (χ2v) is 5.36. The van der Waals surface area contributed by atoms with Crippen molar-refractivity contribution in [2.45, 2.75) is 39.0 Å². The van der Waals surface area contributed by atoms with Gasteiger partial charge in [-0.25, -0.2) is 0 Å². The summed E-state index contributed by atoms with van der Waals surface area (Å²) in [6.07, 6.45) is 6.30. The van der Waals surface area contributed by atoms with E-state index in [0.717, 1.165) is 12.5 Å². The standard InChI is InChI=1S/C16H26N2/c1-2-14(9-11-17)6-5-12-18-13-10-15-7-3-4-8-16(15)18/h3-4,7-8,14H,2,5-6,9-13,17H2,1H3. The molecule has 0 saturated heterocycles. The quantitative estimate of drug-likeness (QED) is 0.800. The number of rotatable bonds is 7. The van der Waals surface area contributed by atoms with Crippen LogP contribution in [0.5, 0.6) is 0 Å². The zero-order valence-electron chi connectivity index (χ0n) is 11.6. The molecule has 0 fully saturated rings. The van der Waals surface area contributed by atoms with Crippen molar-refractivity contribution in [2.24, 2.45) is 11.7 Å². The molecule has 18 heavy (non-hydrogen) atoms. The van der Waals surface area contributed by atoms with Crippen molar-refractivity contribution in [3.8, 4) is 0 Å². The lowest BCUT2D eigenvalue weighted by molar-refractivity contribution is 0.430. The average Bonchev–Trinajstić information content (AvgIpc) is 2.81. The molecule has 1 aliphatic heterocycles. The van der Waals surface area contributed by atoms with Crippen LogP contribution in [-0.2, 0) is 6.42 Å². The molecule has 0 aromatic heterocycles. The van der Waals surface area contributed by atoms with Crippen molar-refractivity contribution in [1.82, 2.24) is 0 Å². The van der Waals surface area contributed by atoms with E-state index in [-0.39, 0.29) is 0 Å². The van der Waals surface area contributed by atoms with E-state index in [1.165, 1.54) is 56.4 Å². The van der Waals surface area contributed by atoms with Gasteiger partial charge in [-0.1, -0.05) is 31.5 Å². The van der Waals surface area contributed by atoms with E-state index in [1.54, 1.807) is 0 Å². The smallest absolute Gasteiger partial charge is 0.0399 e. The highest BCUT2D eigenvalue weighted by atomic mass is 15.1. The van der Waals surface area contributed by atoms with Gasteiger partial charge in [-0.15, -0.1) is 0 Å². The van der Waals surface area contributed by atoms with E-state index in [9.17, 15) is 0 Å². The van der Waals surface area contributed by atoms with Gasteiger partial charge in [0.1, 0.15) is 0 Å². The Bertz CT molecular complexity index is 362. The minimum Gasteiger partial charge on any atom is -0.371 e. The summed E-state index contributed by atoms with van der Waals surface area (Å²) in [5.41, 5.74) is 8.63. The Hall–Kier alpha value is -1.02. The molecule has 0 aliphatic carbocycles. The van der Waals surface area contributed by atoms with E-state index in [4.69, 9.17) is 5.73 Å². The van der Waals surface area contributed by atoms with Crippen LogP contribution in [0.1, 0.15) is 38.2 Å². The molecule has 1 aromatic rings. The molecule has 0 saturated carbocycles. The van der Waals surface area contributed by atoms with Crippen LogP contribution < -0.4 is 10.6 Å². The number of para-hydroxylation sites is 1. The molecule has 100 valence electrons. The summed E-state index contributed by atoms with van der Waals surface area (Å²) in [5, 5.41) is 0. The van der Waals surface area contributed by atoms with E-state index < -0.39 is 0 Å². The molecule has 1 unspecified atom stereocenters. The topological polar surface area (TPSA) is 29.3 Å². The summed E-state index contributed by atoms with van der Waals surface area (Å²) in [7, 11) is 0. The zero-order chi connectivity index (χ0) is 12.8. The highest BCUT2D eigenvalue weighted by Gasteiger charge is 2.17. The van der Waals surface area contributed by atoms with Crippen LogP contribution in [0.3, 0.4) is 0 Å². The van der Waals surface area contributed by atoms with Crippen LogP contribution in [0.15, 0.2) is 24.3 Å². The maximum atomic E-state index is 5.65. The van der Waals surface area contributed by atoms with Crippen molar-refractivity contribution < 1.29 is 0 Å². The van der Waals surface area contributed by atoms with Gasteiger partial charge >= 0.3 is 0 Å². The van der Waals surface area contributed by atoms with Crippen molar-refractivity contribution in [1.29, 1.82) is 0 Å². The first kappa shape index (κ1) is 13.4. The lowest BCUT2D eigenvalue weighted by atomic mass is 9.96. The molecule has 0 spiro atoms. The molecule has 2 rings (SSSR count). The number of anilines is 1. The molecule has 2 nitrogen and oxygen atoms in total. The first-order valence-electron chi connectivity index (χ1n) is 7.38. The summed E-state index contributed by atoms with van der Waals surface area (Å²) in [6.45, 7) is 5.53. The summed E-state index contributed by atoms with van der Waals surface area (Å²) in [6, 6.07) is 8.83. The SMILES string of the molecule is CCC(CCN)CCCN1CCc2ccccc21. The van der Waals surface area contributed by atoms with E-state index in [2.05, 4.69) is 36.1 Å². The second kappa shape index (κ2) is 6.79. The first-order valence-corrected chi connectivity index (χ1v) is 7.38. The summed E-state index contributed by atoms with van der Waals surface area (Å²) in [4.78, 5) is 2.55. The molecular weight excluding hydrogens is 220 g/mol. The molecule has 1 heterocycles. The molecule has 0 radical (unpaired) electrons.